The molecule has 0 aromatic carbocycles. The summed E-state index contributed by atoms with van der Waals surface area (Å²) in [6, 6.07) is 3.16. The highest BCUT2D eigenvalue weighted by atomic mass is 35.5. The fourth-order valence-corrected chi connectivity index (χ4v) is 1.89. The molecule has 0 bridgehead atoms. The monoisotopic (exact) mass is 245 g/mol. The van der Waals surface area contributed by atoms with Crippen LogP contribution in [0.3, 0.4) is 0 Å². The van der Waals surface area contributed by atoms with Gasteiger partial charge in [0.05, 0.1) is 12.3 Å². The van der Waals surface area contributed by atoms with Crippen LogP contribution in [0.1, 0.15) is 11.8 Å². The zero-order chi connectivity index (χ0) is 11.7. The summed E-state index contributed by atoms with van der Waals surface area (Å²) in [6.07, 6.45) is -2.28. The third kappa shape index (κ3) is 2.05. The van der Waals surface area contributed by atoms with Crippen LogP contribution in [0.2, 0.25) is 5.02 Å². The fourth-order valence-electron chi connectivity index (χ4n) is 1.72. The fraction of sp³-hybridized carbons (Fsp3) is 0.500. The summed E-state index contributed by atoms with van der Waals surface area (Å²) in [7, 11) is 0. The van der Waals surface area contributed by atoms with E-state index in [2.05, 4.69) is 4.98 Å². The molecular weight excluding hydrogens is 234 g/mol. The Morgan fingerprint density at radius 1 is 1.38 bits per heavy atom. The van der Waals surface area contributed by atoms with E-state index in [1.165, 1.54) is 6.20 Å². The number of nitrogens with zero attached hydrogens (tertiary/aromatic N) is 1. The van der Waals surface area contributed by atoms with Crippen LogP contribution in [-0.2, 0) is 4.74 Å². The van der Waals surface area contributed by atoms with Gasteiger partial charge in [-0.05, 0) is 12.1 Å². The van der Waals surface area contributed by atoms with Crippen LogP contribution < -0.4 is 0 Å². The molecule has 88 valence electrons. The SMILES string of the molecule is OC[C@H]1O[C@H](c2cc(Cl)ccn2)[C@H](O)[C@@H]1O. The van der Waals surface area contributed by atoms with E-state index in [0.29, 0.717) is 10.7 Å². The summed E-state index contributed by atoms with van der Waals surface area (Å²) in [4.78, 5) is 4.01. The minimum atomic E-state index is -1.12. The van der Waals surface area contributed by atoms with Gasteiger partial charge in [-0.2, -0.15) is 0 Å². The summed E-state index contributed by atoms with van der Waals surface area (Å²) in [5.41, 5.74) is 0.440. The molecule has 1 aromatic rings. The first-order valence-electron chi connectivity index (χ1n) is 4.87. The van der Waals surface area contributed by atoms with Crippen LogP contribution in [-0.4, -0.2) is 45.2 Å². The molecule has 0 aliphatic carbocycles. The van der Waals surface area contributed by atoms with Gasteiger partial charge in [0.25, 0.3) is 0 Å². The minimum absolute atomic E-state index is 0.352. The molecule has 1 aromatic heterocycles. The molecule has 3 N–H and O–H groups in total. The molecule has 1 fully saturated rings. The van der Waals surface area contributed by atoms with Crippen molar-refractivity contribution < 1.29 is 20.1 Å². The van der Waals surface area contributed by atoms with Crippen LogP contribution in [0.4, 0.5) is 0 Å². The largest absolute Gasteiger partial charge is 0.394 e. The summed E-state index contributed by atoms with van der Waals surface area (Å²) in [5, 5.41) is 28.7. The Labute approximate surface area is 97.3 Å². The van der Waals surface area contributed by atoms with Gasteiger partial charge in [-0.15, -0.1) is 0 Å². The van der Waals surface area contributed by atoms with Crippen molar-refractivity contribution in [3.63, 3.8) is 0 Å². The van der Waals surface area contributed by atoms with Gasteiger partial charge >= 0.3 is 0 Å². The molecule has 0 unspecified atom stereocenters. The molecule has 6 heteroatoms. The number of rotatable bonds is 2. The third-order valence-electron chi connectivity index (χ3n) is 2.58. The quantitative estimate of drug-likeness (QED) is 0.677. The van der Waals surface area contributed by atoms with Crippen molar-refractivity contribution in [2.24, 2.45) is 0 Å². The highest BCUT2D eigenvalue weighted by Crippen LogP contribution is 2.33. The molecule has 1 aliphatic heterocycles. The zero-order valence-electron chi connectivity index (χ0n) is 8.32. The summed E-state index contributed by atoms with van der Waals surface area (Å²) in [5.74, 6) is 0. The molecule has 16 heavy (non-hydrogen) atoms. The van der Waals surface area contributed by atoms with Crippen molar-refractivity contribution in [3.05, 3.63) is 29.0 Å². The Morgan fingerprint density at radius 3 is 2.69 bits per heavy atom. The maximum Gasteiger partial charge on any atom is 0.128 e. The molecular formula is C10H12ClNO4. The molecule has 0 saturated carbocycles. The molecule has 2 heterocycles. The lowest BCUT2D eigenvalue weighted by Gasteiger charge is -2.13. The zero-order valence-corrected chi connectivity index (χ0v) is 9.08. The average molecular weight is 246 g/mol. The van der Waals surface area contributed by atoms with Gasteiger partial charge < -0.3 is 20.1 Å². The predicted octanol–water partition coefficient (Wildman–Crippen LogP) is -0.111. The number of aliphatic hydroxyl groups excluding tert-OH is 3. The number of aromatic nitrogens is 1. The standard InChI is InChI=1S/C10H12ClNO4/c11-5-1-2-12-6(3-5)10-9(15)8(14)7(4-13)16-10/h1-3,7-10,13-15H,4H2/t7-,8-,9-,10-/m1/s1. The van der Waals surface area contributed by atoms with Crippen molar-refractivity contribution in [1.29, 1.82) is 0 Å². The molecule has 1 aliphatic rings. The van der Waals surface area contributed by atoms with E-state index in [1.54, 1.807) is 12.1 Å². The second kappa shape index (κ2) is 4.65. The summed E-state index contributed by atoms with van der Waals surface area (Å²) < 4.78 is 5.31. The lowest BCUT2D eigenvalue weighted by molar-refractivity contribution is -0.0239. The lowest BCUT2D eigenvalue weighted by atomic mass is 10.1. The maximum absolute atomic E-state index is 9.73. The van der Waals surface area contributed by atoms with Crippen molar-refractivity contribution in [3.8, 4) is 0 Å². The predicted molar refractivity (Wildman–Crippen MR) is 56.0 cm³/mol. The van der Waals surface area contributed by atoms with Crippen molar-refractivity contribution in [1.82, 2.24) is 4.98 Å². The second-order valence-corrected chi connectivity index (χ2v) is 4.09. The molecule has 0 spiro atoms. The molecule has 1 saturated heterocycles. The van der Waals surface area contributed by atoms with Crippen molar-refractivity contribution in [2.75, 3.05) is 6.61 Å². The molecule has 4 atom stereocenters. The first-order valence-corrected chi connectivity index (χ1v) is 5.25. The Bertz CT molecular complexity index is 376. The van der Waals surface area contributed by atoms with Gasteiger partial charge in [-0.1, -0.05) is 11.6 Å². The van der Waals surface area contributed by atoms with Crippen LogP contribution >= 0.6 is 11.6 Å². The highest BCUT2D eigenvalue weighted by Gasteiger charge is 2.43. The van der Waals surface area contributed by atoms with Gasteiger partial charge in [-0.25, -0.2) is 0 Å². The molecule has 0 amide bonds. The van der Waals surface area contributed by atoms with E-state index in [0.717, 1.165) is 0 Å². The Hall–Kier alpha value is -0.720. The van der Waals surface area contributed by atoms with Crippen molar-refractivity contribution >= 4 is 11.6 Å². The van der Waals surface area contributed by atoms with Crippen LogP contribution in [0.25, 0.3) is 0 Å². The number of pyridine rings is 1. The Morgan fingerprint density at radius 2 is 2.12 bits per heavy atom. The highest BCUT2D eigenvalue weighted by molar-refractivity contribution is 6.30. The average Bonchev–Trinajstić information content (AvgIpc) is 2.56. The first kappa shape index (κ1) is 11.8. The van der Waals surface area contributed by atoms with Gasteiger partial charge in [0.2, 0.25) is 0 Å². The number of ether oxygens (including phenoxy) is 1. The van der Waals surface area contributed by atoms with E-state index in [1.807, 2.05) is 0 Å². The summed E-state index contributed by atoms with van der Waals surface area (Å²) >= 11 is 5.79. The number of aliphatic hydroxyl groups is 3. The van der Waals surface area contributed by atoms with Gasteiger partial charge in [-0.3, -0.25) is 4.98 Å². The third-order valence-corrected chi connectivity index (χ3v) is 2.81. The maximum atomic E-state index is 9.73. The second-order valence-electron chi connectivity index (χ2n) is 3.66. The van der Waals surface area contributed by atoms with Crippen LogP contribution in [0.15, 0.2) is 18.3 Å². The van der Waals surface area contributed by atoms with E-state index in [9.17, 15) is 10.2 Å². The topological polar surface area (TPSA) is 82.8 Å². The molecule has 2 rings (SSSR count). The number of hydrogen-bond donors (Lipinski definition) is 3. The molecule has 0 radical (unpaired) electrons. The Balaban J connectivity index is 2.23. The van der Waals surface area contributed by atoms with Crippen LogP contribution in [0.5, 0.6) is 0 Å². The van der Waals surface area contributed by atoms with Crippen LogP contribution in [0, 0.1) is 0 Å². The summed E-state index contributed by atoms with van der Waals surface area (Å²) in [6.45, 7) is -0.352. The first-order chi connectivity index (χ1) is 7.63. The van der Waals surface area contributed by atoms with E-state index < -0.39 is 24.4 Å². The van der Waals surface area contributed by atoms with Gasteiger partial charge in [0.15, 0.2) is 0 Å². The van der Waals surface area contributed by atoms with Crippen molar-refractivity contribution in [2.45, 2.75) is 24.4 Å². The van der Waals surface area contributed by atoms with E-state index in [4.69, 9.17) is 21.4 Å². The normalized spacial score (nSPS) is 34.2. The van der Waals surface area contributed by atoms with Gasteiger partial charge in [0, 0.05) is 11.2 Å². The lowest BCUT2D eigenvalue weighted by Crippen LogP contribution is -2.32. The minimum Gasteiger partial charge on any atom is -0.394 e. The number of hydrogen-bond acceptors (Lipinski definition) is 5. The smallest absolute Gasteiger partial charge is 0.128 e. The van der Waals surface area contributed by atoms with Gasteiger partial charge in [0.1, 0.15) is 24.4 Å². The number of halogens is 1. The molecule has 5 nitrogen and oxygen atoms in total. The Kier molecular flexibility index (Phi) is 3.41. The van der Waals surface area contributed by atoms with E-state index >= 15 is 0 Å². The van der Waals surface area contributed by atoms with E-state index in [-0.39, 0.29) is 6.61 Å².